The number of nitrogens with zero attached hydrogens (tertiary/aromatic N) is 6. The van der Waals surface area contributed by atoms with E-state index in [1.165, 1.54) is 0 Å². The second-order valence-electron chi connectivity index (χ2n) is 9.08. The van der Waals surface area contributed by atoms with Crippen LogP contribution in [0.25, 0.3) is 16.7 Å². The second-order valence-corrected chi connectivity index (χ2v) is 9.47. The third-order valence-electron chi connectivity index (χ3n) is 6.89. The van der Waals surface area contributed by atoms with E-state index in [4.69, 9.17) is 21.1 Å². The van der Waals surface area contributed by atoms with Crippen molar-refractivity contribution in [2.75, 3.05) is 31.2 Å². The van der Waals surface area contributed by atoms with Crippen LogP contribution in [-0.2, 0) is 11.2 Å². The number of hydrogen-bond acceptors (Lipinski definition) is 7. The van der Waals surface area contributed by atoms with Crippen molar-refractivity contribution in [3.8, 4) is 5.75 Å². The van der Waals surface area contributed by atoms with Crippen LogP contribution in [0.1, 0.15) is 31.5 Å². The van der Waals surface area contributed by atoms with Crippen molar-refractivity contribution in [3.63, 3.8) is 0 Å². The zero-order valence-electron chi connectivity index (χ0n) is 18.9. The van der Waals surface area contributed by atoms with Gasteiger partial charge in [-0.2, -0.15) is 0 Å². The minimum absolute atomic E-state index is 0.168. The van der Waals surface area contributed by atoms with Gasteiger partial charge in [0.1, 0.15) is 27.9 Å². The average molecular weight is 479 g/mol. The number of anilines is 1. The van der Waals surface area contributed by atoms with Crippen molar-refractivity contribution in [2.45, 2.75) is 38.2 Å². The summed E-state index contributed by atoms with van der Waals surface area (Å²) < 4.78 is 14.1. The Hall–Kier alpha value is -2.97. The smallest absolute Gasteiger partial charge is 0.149 e. The summed E-state index contributed by atoms with van der Waals surface area (Å²) in [7, 11) is 0. The molecule has 176 valence electrons. The van der Waals surface area contributed by atoms with Crippen LogP contribution in [0.3, 0.4) is 0 Å². The van der Waals surface area contributed by atoms with Gasteiger partial charge in [-0.15, -0.1) is 0 Å². The van der Waals surface area contributed by atoms with Gasteiger partial charge in [0.05, 0.1) is 24.8 Å². The fourth-order valence-corrected chi connectivity index (χ4v) is 5.31. The van der Waals surface area contributed by atoms with E-state index in [0.717, 1.165) is 92.3 Å². The number of aromatic nitrogens is 5. The first-order chi connectivity index (χ1) is 16.7. The molecule has 4 aromatic rings. The molecule has 2 aliphatic rings. The minimum atomic E-state index is 0.168. The fourth-order valence-electron chi connectivity index (χ4n) is 5.11. The van der Waals surface area contributed by atoms with Gasteiger partial charge in [-0.05, 0) is 37.7 Å². The van der Waals surface area contributed by atoms with Crippen molar-refractivity contribution < 1.29 is 9.47 Å². The lowest BCUT2D eigenvalue weighted by molar-refractivity contribution is 0.122. The Kier molecular flexibility index (Phi) is 5.93. The Bertz CT molecular complexity index is 1300. The first-order valence-corrected chi connectivity index (χ1v) is 12.3. The van der Waals surface area contributed by atoms with Crippen molar-refractivity contribution in [1.29, 1.82) is 0 Å². The first kappa shape index (κ1) is 21.6. The van der Waals surface area contributed by atoms with Gasteiger partial charge in [-0.25, -0.2) is 15.0 Å². The fraction of sp³-hybridized carbons (Fsp3) is 0.440. The maximum atomic E-state index is 6.56. The SMILES string of the molecule is Clc1cc2nccn2c(CC2CCC(Oc3cc(N4CCOCC4)cc4nccnc34)CC2)n1. The molecule has 1 saturated carbocycles. The summed E-state index contributed by atoms with van der Waals surface area (Å²) in [5.74, 6) is 2.35. The largest absolute Gasteiger partial charge is 0.488 e. The Labute approximate surface area is 202 Å². The van der Waals surface area contributed by atoms with E-state index >= 15 is 0 Å². The molecule has 0 amide bonds. The van der Waals surface area contributed by atoms with Crippen molar-refractivity contribution >= 4 is 34.0 Å². The number of fused-ring (bicyclic) bond motifs is 2. The molecule has 9 heteroatoms. The van der Waals surface area contributed by atoms with Crippen LogP contribution < -0.4 is 9.64 Å². The summed E-state index contributed by atoms with van der Waals surface area (Å²) in [6.07, 6.45) is 12.4. The van der Waals surface area contributed by atoms with E-state index in [2.05, 4.69) is 37.0 Å². The van der Waals surface area contributed by atoms with E-state index < -0.39 is 0 Å². The highest BCUT2D eigenvalue weighted by molar-refractivity contribution is 6.29. The van der Waals surface area contributed by atoms with E-state index in [-0.39, 0.29) is 6.10 Å². The molecule has 0 spiro atoms. The number of benzene rings is 1. The molecule has 34 heavy (non-hydrogen) atoms. The Morgan fingerprint density at radius 1 is 0.971 bits per heavy atom. The molecule has 6 rings (SSSR count). The molecule has 1 aromatic carbocycles. The molecule has 0 N–H and O–H groups in total. The Morgan fingerprint density at radius 2 is 1.79 bits per heavy atom. The van der Waals surface area contributed by atoms with Crippen LogP contribution >= 0.6 is 11.6 Å². The van der Waals surface area contributed by atoms with Gasteiger partial charge in [0.2, 0.25) is 0 Å². The van der Waals surface area contributed by atoms with Gasteiger partial charge < -0.3 is 14.4 Å². The van der Waals surface area contributed by atoms with Crippen LogP contribution in [0.2, 0.25) is 5.15 Å². The van der Waals surface area contributed by atoms with Crippen LogP contribution in [0.15, 0.2) is 43.0 Å². The Morgan fingerprint density at radius 3 is 2.65 bits per heavy atom. The lowest BCUT2D eigenvalue weighted by Crippen LogP contribution is -2.36. The lowest BCUT2D eigenvalue weighted by Gasteiger charge is -2.31. The molecule has 0 unspecified atom stereocenters. The predicted octanol–water partition coefficient (Wildman–Crippen LogP) is 4.34. The van der Waals surface area contributed by atoms with Crippen LogP contribution in [-0.4, -0.2) is 56.7 Å². The minimum Gasteiger partial charge on any atom is -0.488 e. The number of rotatable bonds is 5. The Balaban J connectivity index is 1.16. The zero-order chi connectivity index (χ0) is 22.9. The third-order valence-corrected chi connectivity index (χ3v) is 7.08. The van der Waals surface area contributed by atoms with Gasteiger partial charge in [0, 0.05) is 62.1 Å². The number of hydrogen-bond donors (Lipinski definition) is 0. The van der Waals surface area contributed by atoms with E-state index in [1.807, 2.05) is 10.6 Å². The topological polar surface area (TPSA) is 77.7 Å². The zero-order valence-corrected chi connectivity index (χ0v) is 19.7. The number of imidazole rings is 1. The monoisotopic (exact) mass is 478 g/mol. The third kappa shape index (κ3) is 4.40. The molecule has 0 atom stereocenters. The maximum absolute atomic E-state index is 6.56. The highest BCUT2D eigenvalue weighted by Crippen LogP contribution is 2.34. The summed E-state index contributed by atoms with van der Waals surface area (Å²) in [5, 5.41) is 0.499. The summed E-state index contributed by atoms with van der Waals surface area (Å²) in [4.78, 5) is 20.4. The van der Waals surface area contributed by atoms with Crippen LogP contribution in [0, 0.1) is 5.92 Å². The molecule has 2 fully saturated rings. The predicted molar refractivity (Wildman–Crippen MR) is 131 cm³/mol. The average Bonchev–Trinajstić information content (AvgIpc) is 3.34. The quantitative estimate of drug-likeness (QED) is 0.395. The summed E-state index contributed by atoms with van der Waals surface area (Å²) in [6.45, 7) is 3.23. The van der Waals surface area contributed by atoms with Gasteiger partial charge >= 0.3 is 0 Å². The van der Waals surface area contributed by atoms with Crippen molar-refractivity contribution in [1.82, 2.24) is 24.3 Å². The number of morpholine rings is 1. The molecule has 1 saturated heterocycles. The molecule has 3 aromatic heterocycles. The number of halogens is 1. The summed E-state index contributed by atoms with van der Waals surface area (Å²) >= 11 is 6.22. The van der Waals surface area contributed by atoms with E-state index in [1.54, 1.807) is 24.7 Å². The number of ether oxygens (including phenoxy) is 2. The highest BCUT2D eigenvalue weighted by atomic mass is 35.5. The van der Waals surface area contributed by atoms with E-state index in [0.29, 0.717) is 11.1 Å². The molecule has 0 radical (unpaired) electrons. The van der Waals surface area contributed by atoms with Crippen molar-refractivity contribution in [2.24, 2.45) is 5.92 Å². The highest BCUT2D eigenvalue weighted by Gasteiger charge is 2.25. The molecular formula is C25H27ClN6O2. The van der Waals surface area contributed by atoms with Crippen molar-refractivity contribution in [3.05, 3.63) is 54.0 Å². The summed E-state index contributed by atoms with van der Waals surface area (Å²) in [5.41, 5.74) is 3.66. The van der Waals surface area contributed by atoms with Gasteiger partial charge in [-0.1, -0.05) is 11.6 Å². The first-order valence-electron chi connectivity index (χ1n) is 12.0. The molecule has 0 bridgehead atoms. The summed E-state index contributed by atoms with van der Waals surface area (Å²) in [6, 6.07) is 6.03. The van der Waals surface area contributed by atoms with Gasteiger partial charge in [-0.3, -0.25) is 9.38 Å². The lowest BCUT2D eigenvalue weighted by atomic mass is 9.85. The standard InChI is InChI=1S/C25H27ClN6O2/c26-22-16-23-28-7-8-32(23)24(30-22)13-17-1-3-19(4-2-17)34-21-15-18(31-9-11-33-12-10-31)14-20-25(21)29-6-5-27-20/h5-8,14-17,19H,1-4,9-13H2. The van der Waals surface area contributed by atoms with E-state index in [9.17, 15) is 0 Å². The second kappa shape index (κ2) is 9.35. The van der Waals surface area contributed by atoms with Gasteiger partial charge in [0.25, 0.3) is 0 Å². The van der Waals surface area contributed by atoms with Crippen LogP contribution in [0.5, 0.6) is 5.75 Å². The molecule has 1 aliphatic heterocycles. The van der Waals surface area contributed by atoms with Gasteiger partial charge in [0.15, 0.2) is 0 Å². The normalized spacial score (nSPS) is 21.3. The maximum Gasteiger partial charge on any atom is 0.149 e. The molecule has 8 nitrogen and oxygen atoms in total. The molecule has 1 aliphatic carbocycles. The van der Waals surface area contributed by atoms with Crippen LogP contribution in [0.4, 0.5) is 5.69 Å². The molecule has 4 heterocycles. The molecular weight excluding hydrogens is 452 g/mol.